The van der Waals surface area contributed by atoms with Gasteiger partial charge in [-0.25, -0.2) is 0 Å². The molecule has 68 valence electrons. The number of nitrogens with one attached hydrogen (secondary N) is 1. The van der Waals surface area contributed by atoms with Crippen LogP contribution < -0.4 is 5.48 Å². The average Bonchev–Trinajstić information content (AvgIpc) is 1.79. The standard InChI is InChI=1S/C9H21NO/c1-6-11-10-8(2)7-9(3,4)5/h8,10H,6-7H2,1-5H3. The third kappa shape index (κ3) is 7.82. The summed E-state index contributed by atoms with van der Waals surface area (Å²) in [5, 5.41) is 0. The number of hydrogen-bond donors (Lipinski definition) is 1. The van der Waals surface area contributed by atoms with Crippen molar-refractivity contribution in [2.24, 2.45) is 5.41 Å². The lowest BCUT2D eigenvalue weighted by Crippen LogP contribution is -2.30. The van der Waals surface area contributed by atoms with Crippen molar-refractivity contribution in [3.63, 3.8) is 0 Å². The van der Waals surface area contributed by atoms with Crippen LogP contribution in [0.3, 0.4) is 0 Å². The molecule has 0 spiro atoms. The molecule has 11 heavy (non-hydrogen) atoms. The van der Waals surface area contributed by atoms with E-state index in [2.05, 4.69) is 33.2 Å². The lowest BCUT2D eigenvalue weighted by atomic mass is 9.89. The summed E-state index contributed by atoms with van der Waals surface area (Å²) >= 11 is 0. The van der Waals surface area contributed by atoms with Gasteiger partial charge in [-0.05, 0) is 25.7 Å². The number of rotatable bonds is 4. The normalized spacial score (nSPS) is 15.0. The number of hydrogen-bond acceptors (Lipinski definition) is 2. The quantitative estimate of drug-likeness (QED) is 0.636. The van der Waals surface area contributed by atoms with Gasteiger partial charge in [0, 0.05) is 6.04 Å². The Kier molecular flexibility index (Phi) is 4.69. The van der Waals surface area contributed by atoms with Gasteiger partial charge in [-0.15, -0.1) is 0 Å². The molecule has 0 aromatic rings. The molecule has 0 saturated heterocycles. The van der Waals surface area contributed by atoms with Crippen molar-refractivity contribution in [1.29, 1.82) is 0 Å². The molecule has 0 radical (unpaired) electrons. The maximum Gasteiger partial charge on any atom is 0.0654 e. The van der Waals surface area contributed by atoms with Crippen molar-refractivity contribution in [3.05, 3.63) is 0 Å². The molecule has 0 heterocycles. The first kappa shape index (κ1) is 10.9. The Morgan fingerprint density at radius 2 is 1.91 bits per heavy atom. The Morgan fingerprint density at radius 3 is 2.27 bits per heavy atom. The van der Waals surface area contributed by atoms with Gasteiger partial charge in [-0.3, -0.25) is 0 Å². The second-order valence-electron chi connectivity index (χ2n) is 4.22. The van der Waals surface area contributed by atoms with Crippen LogP contribution in [-0.2, 0) is 4.84 Å². The summed E-state index contributed by atoms with van der Waals surface area (Å²) in [5.41, 5.74) is 3.37. The minimum absolute atomic E-state index is 0.378. The monoisotopic (exact) mass is 159 g/mol. The zero-order chi connectivity index (χ0) is 8.91. The van der Waals surface area contributed by atoms with Crippen molar-refractivity contribution in [1.82, 2.24) is 5.48 Å². The highest BCUT2D eigenvalue weighted by atomic mass is 16.6. The van der Waals surface area contributed by atoms with Crippen molar-refractivity contribution in [3.8, 4) is 0 Å². The second kappa shape index (κ2) is 4.73. The molecular formula is C9H21NO. The molecule has 0 aliphatic rings. The van der Waals surface area contributed by atoms with Gasteiger partial charge in [0.25, 0.3) is 0 Å². The largest absolute Gasteiger partial charge is 0.302 e. The van der Waals surface area contributed by atoms with Crippen LogP contribution in [0.5, 0.6) is 0 Å². The van der Waals surface area contributed by atoms with Crippen LogP contribution in [0.4, 0.5) is 0 Å². The molecule has 0 aromatic heterocycles. The first-order chi connectivity index (χ1) is 4.95. The third-order valence-electron chi connectivity index (χ3n) is 1.35. The van der Waals surface area contributed by atoms with E-state index in [0.717, 1.165) is 13.0 Å². The van der Waals surface area contributed by atoms with E-state index in [-0.39, 0.29) is 0 Å². The van der Waals surface area contributed by atoms with E-state index in [1.165, 1.54) is 0 Å². The van der Waals surface area contributed by atoms with Gasteiger partial charge in [0.1, 0.15) is 0 Å². The fraction of sp³-hybridized carbons (Fsp3) is 1.00. The van der Waals surface area contributed by atoms with Crippen LogP contribution in [0.25, 0.3) is 0 Å². The van der Waals surface area contributed by atoms with Gasteiger partial charge in [0.15, 0.2) is 0 Å². The van der Waals surface area contributed by atoms with Crippen molar-refractivity contribution >= 4 is 0 Å². The Hall–Kier alpha value is -0.0800. The Morgan fingerprint density at radius 1 is 1.36 bits per heavy atom. The average molecular weight is 159 g/mol. The van der Waals surface area contributed by atoms with Crippen LogP contribution in [-0.4, -0.2) is 12.6 Å². The van der Waals surface area contributed by atoms with Crippen molar-refractivity contribution < 1.29 is 4.84 Å². The molecule has 0 amide bonds. The number of hydroxylamine groups is 1. The SMILES string of the molecule is CCONC(C)CC(C)(C)C. The molecule has 0 saturated carbocycles. The van der Waals surface area contributed by atoms with Crippen molar-refractivity contribution in [2.45, 2.75) is 47.1 Å². The highest BCUT2D eigenvalue weighted by Crippen LogP contribution is 2.20. The first-order valence-corrected chi connectivity index (χ1v) is 4.33. The van der Waals surface area contributed by atoms with Gasteiger partial charge >= 0.3 is 0 Å². The first-order valence-electron chi connectivity index (χ1n) is 4.33. The van der Waals surface area contributed by atoms with E-state index in [1.807, 2.05) is 6.92 Å². The fourth-order valence-electron chi connectivity index (χ4n) is 1.19. The van der Waals surface area contributed by atoms with Gasteiger partial charge in [-0.2, -0.15) is 5.48 Å². The highest BCUT2D eigenvalue weighted by Gasteiger charge is 2.14. The zero-order valence-electron chi connectivity index (χ0n) is 8.40. The molecule has 1 atom stereocenters. The predicted molar refractivity (Wildman–Crippen MR) is 48.3 cm³/mol. The third-order valence-corrected chi connectivity index (χ3v) is 1.35. The van der Waals surface area contributed by atoms with Gasteiger partial charge in [0.05, 0.1) is 6.61 Å². The Balaban J connectivity index is 3.44. The van der Waals surface area contributed by atoms with Crippen LogP contribution >= 0.6 is 0 Å². The molecule has 0 aliphatic carbocycles. The summed E-state index contributed by atoms with van der Waals surface area (Å²) in [6, 6.07) is 0.440. The molecular weight excluding hydrogens is 138 g/mol. The smallest absolute Gasteiger partial charge is 0.0654 e. The summed E-state index contributed by atoms with van der Waals surface area (Å²) in [7, 11) is 0. The van der Waals surface area contributed by atoms with Crippen LogP contribution in [0.2, 0.25) is 0 Å². The molecule has 0 bridgehead atoms. The summed E-state index contributed by atoms with van der Waals surface area (Å²) < 4.78 is 0. The molecule has 0 aliphatic heterocycles. The van der Waals surface area contributed by atoms with E-state index >= 15 is 0 Å². The topological polar surface area (TPSA) is 21.3 Å². The van der Waals surface area contributed by atoms with Crippen LogP contribution in [0.15, 0.2) is 0 Å². The maximum absolute atomic E-state index is 5.09. The van der Waals surface area contributed by atoms with Crippen LogP contribution in [0, 0.1) is 5.41 Å². The minimum Gasteiger partial charge on any atom is -0.302 e. The molecule has 2 heteroatoms. The molecule has 0 fully saturated rings. The summed E-state index contributed by atoms with van der Waals surface area (Å²) in [6.45, 7) is 11.6. The zero-order valence-corrected chi connectivity index (χ0v) is 8.40. The van der Waals surface area contributed by atoms with E-state index < -0.39 is 0 Å². The van der Waals surface area contributed by atoms with Crippen LogP contribution in [0.1, 0.15) is 41.0 Å². The molecule has 0 aromatic carbocycles. The summed E-state index contributed by atoms with van der Waals surface area (Å²) in [5.74, 6) is 0. The molecule has 0 rings (SSSR count). The Bertz CT molecular complexity index is 96.2. The molecule has 2 nitrogen and oxygen atoms in total. The van der Waals surface area contributed by atoms with Gasteiger partial charge in [-0.1, -0.05) is 20.8 Å². The molecule has 1 N–H and O–H groups in total. The van der Waals surface area contributed by atoms with E-state index in [4.69, 9.17) is 4.84 Å². The second-order valence-corrected chi connectivity index (χ2v) is 4.22. The summed E-state index contributed by atoms with van der Waals surface area (Å²) in [6.07, 6.45) is 1.13. The van der Waals surface area contributed by atoms with Gasteiger partial charge < -0.3 is 4.84 Å². The fourth-order valence-corrected chi connectivity index (χ4v) is 1.19. The van der Waals surface area contributed by atoms with Crippen molar-refractivity contribution in [2.75, 3.05) is 6.61 Å². The Labute approximate surface area is 70.3 Å². The minimum atomic E-state index is 0.378. The van der Waals surface area contributed by atoms with Gasteiger partial charge in [0.2, 0.25) is 0 Å². The van der Waals surface area contributed by atoms with E-state index in [0.29, 0.717) is 11.5 Å². The maximum atomic E-state index is 5.09. The predicted octanol–water partition coefficient (Wildman–Crippen LogP) is 2.35. The van der Waals surface area contributed by atoms with E-state index in [9.17, 15) is 0 Å². The lowest BCUT2D eigenvalue weighted by Gasteiger charge is -2.23. The molecule has 1 unspecified atom stereocenters. The lowest BCUT2D eigenvalue weighted by molar-refractivity contribution is 0.0192. The summed E-state index contributed by atoms with van der Waals surface area (Å²) in [4.78, 5) is 5.09. The highest BCUT2D eigenvalue weighted by molar-refractivity contribution is 4.67. The van der Waals surface area contributed by atoms with E-state index in [1.54, 1.807) is 0 Å².